The molecule has 0 aliphatic carbocycles. The summed E-state index contributed by atoms with van der Waals surface area (Å²) in [5, 5.41) is 0. The average Bonchev–Trinajstić information content (AvgIpc) is 2.40. The first kappa shape index (κ1) is 12.6. The van der Waals surface area contributed by atoms with Gasteiger partial charge in [0.2, 0.25) is 0 Å². The van der Waals surface area contributed by atoms with Gasteiger partial charge in [-0.2, -0.15) is 0 Å². The standard InChI is InChI=1S/C18H20/c1-15(2)13-18(17-11-7-4-8-12-17)14-16-9-5-3-6-10-16/h3-12,14-15H,13H2,1-2H3. The highest BCUT2D eigenvalue weighted by molar-refractivity contribution is 5.81. The largest absolute Gasteiger partial charge is 0.0625 e. The summed E-state index contributed by atoms with van der Waals surface area (Å²) < 4.78 is 0. The Morgan fingerprint density at radius 2 is 1.44 bits per heavy atom. The lowest BCUT2D eigenvalue weighted by Crippen LogP contribution is -1.92. The highest BCUT2D eigenvalue weighted by Gasteiger charge is 2.04. The van der Waals surface area contributed by atoms with Gasteiger partial charge in [-0.05, 0) is 29.0 Å². The highest BCUT2D eigenvalue weighted by Crippen LogP contribution is 2.24. The molecule has 0 aromatic heterocycles. The molecule has 92 valence electrons. The normalized spacial score (nSPS) is 11.8. The molecule has 2 rings (SSSR count). The molecule has 0 fully saturated rings. The molecule has 0 amide bonds. The van der Waals surface area contributed by atoms with Crippen molar-refractivity contribution >= 4 is 11.6 Å². The fraction of sp³-hybridized carbons (Fsp3) is 0.222. The molecule has 0 aliphatic heterocycles. The number of rotatable bonds is 4. The number of benzene rings is 2. The maximum Gasteiger partial charge on any atom is -0.0224 e. The predicted molar refractivity (Wildman–Crippen MR) is 80.2 cm³/mol. The van der Waals surface area contributed by atoms with Crippen LogP contribution < -0.4 is 0 Å². The lowest BCUT2D eigenvalue weighted by atomic mass is 9.94. The monoisotopic (exact) mass is 236 g/mol. The van der Waals surface area contributed by atoms with Gasteiger partial charge in [0.05, 0.1) is 0 Å². The second-order valence-electron chi connectivity index (χ2n) is 5.04. The van der Waals surface area contributed by atoms with Crippen molar-refractivity contribution < 1.29 is 0 Å². The molecule has 18 heavy (non-hydrogen) atoms. The van der Waals surface area contributed by atoms with Crippen molar-refractivity contribution in [3.63, 3.8) is 0 Å². The van der Waals surface area contributed by atoms with Crippen molar-refractivity contribution in [2.24, 2.45) is 5.92 Å². The topological polar surface area (TPSA) is 0 Å². The first-order valence-corrected chi connectivity index (χ1v) is 6.57. The van der Waals surface area contributed by atoms with E-state index in [0.717, 1.165) is 6.42 Å². The zero-order valence-corrected chi connectivity index (χ0v) is 11.1. The van der Waals surface area contributed by atoms with E-state index in [-0.39, 0.29) is 0 Å². The lowest BCUT2D eigenvalue weighted by Gasteiger charge is -2.11. The second-order valence-corrected chi connectivity index (χ2v) is 5.04. The van der Waals surface area contributed by atoms with Gasteiger partial charge in [-0.15, -0.1) is 0 Å². The molecule has 2 aromatic carbocycles. The van der Waals surface area contributed by atoms with E-state index in [1.165, 1.54) is 16.7 Å². The van der Waals surface area contributed by atoms with E-state index in [2.05, 4.69) is 80.6 Å². The Morgan fingerprint density at radius 1 is 0.889 bits per heavy atom. The van der Waals surface area contributed by atoms with E-state index in [1.54, 1.807) is 0 Å². The Hall–Kier alpha value is -1.82. The van der Waals surface area contributed by atoms with Crippen LogP contribution in [0.1, 0.15) is 31.4 Å². The van der Waals surface area contributed by atoms with Gasteiger partial charge in [0, 0.05) is 0 Å². The molecular weight excluding hydrogens is 216 g/mol. The smallest absolute Gasteiger partial charge is 0.0224 e. The summed E-state index contributed by atoms with van der Waals surface area (Å²) in [6, 6.07) is 21.2. The van der Waals surface area contributed by atoms with E-state index < -0.39 is 0 Å². The molecule has 0 N–H and O–H groups in total. The van der Waals surface area contributed by atoms with Crippen LogP contribution in [-0.2, 0) is 0 Å². The Bertz CT molecular complexity index is 492. The Balaban J connectivity index is 2.34. The van der Waals surface area contributed by atoms with Crippen molar-refractivity contribution in [2.75, 3.05) is 0 Å². The number of hydrogen-bond acceptors (Lipinski definition) is 0. The molecule has 2 aromatic rings. The average molecular weight is 236 g/mol. The fourth-order valence-electron chi connectivity index (χ4n) is 2.10. The molecule has 0 heteroatoms. The third kappa shape index (κ3) is 3.59. The van der Waals surface area contributed by atoms with Crippen LogP contribution in [0.3, 0.4) is 0 Å². The van der Waals surface area contributed by atoms with Crippen LogP contribution in [0.25, 0.3) is 11.6 Å². The van der Waals surface area contributed by atoms with Crippen LogP contribution in [0.15, 0.2) is 60.7 Å². The molecule has 0 unspecified atom stereocenters. The Labute approximate surface area is 110 Å². The van der Waals surface area contributed by atoms with Gasteiger partial charge in [0.1, 0.15) is 0 Å². The minimum Gasteiger partial charge on any atom is -0.0625 e. The van der Waals surface area contributed by atoms with E-state index >= 15 is 0 Å². The van der Waals surface area contributed by atoms with Crippen molar-refractivity contribution in [3.8, 4) is 0 Å². The van der Waals surface area contributed by atoms with Crippen LogP contribution >= 0.6 is 0 Å². The van der Waals surface area contributed by atoms with E-state index in [1.807, 2.05) is 0 Å². The summed E-state index contributed by atoms with van der Waals surface area (Å²) in [5.74, 6) is 0.667. The third-order valence-corrected chi connectivity index (χ3v) is 2.91. The van der Waals surface area contributed by atoms with Gasteiger partial charge in [-0.25, -0.2) is 0 Å². The molecule has 0 atom stereocenters. The van der Waals surface area contributed by atoms with Gasteiger partial charge >= 0.3 is 0 Å². The lowest BCUT2D eigenvalue weighted by molar-refractivity contribution is 0.674. The minimum atomic E-state index is 0.667. The first-order valence-electron chi connectivity index (χ1n) is 6.57. The zero-order chi connectivity index (χ0) is 12.8. The number of allylic oxidation sites excluding steroid dienone is 1. The maximum absolute atomic E-state index is 2.30. The number of hydrogen-bond donors (Lipinski definition) is 0. The fourth-order valence-corrected chi connectivity index (χ4v) is 2.10. The van der Waals surface area contributed by atoms with Gasteiger partial charge in [0.15, 0.2) is 0 Å². The van der Waals surface area contributed by atoms with E-state index in [4.69, 9.17) is 0 Å². The molecule has 0 aliphatic rings. The van der Waals surface area contributed by atoms with E-state index in [9.17, 15) is 0 Å². The first-order chi connectivity index (χ1) is 8.75. The van der Waals surface area contributed by atoms with Crippen molar-refractivity contribution in [3.05, 3.63) is 71.8 Å². The van der Waals surface area contributed by atoms with Gasteiger partial charge < -0.3 is 0 Å². The van der Waals surface area contributed by atoms with Crippen molar-refractivity contribution in [1.29, 1.82) is 0 Å². The van der Waals surface area contributed by atoms with E-state index in [0.29, 0.717) is 5.92 Å². The molecule has 0 spiro atoms. The predicted octanol–water partition coefficient (Wildman–Crippen LogP) is 5.27. The van der Waals surface area contributed by atoms with Crippen LogP contribution in [-0.4, -0.2) is 0 Å². The molecule has 0 nitrogen and oxygen atoms in total. The van der Waals surface area contributed by atoms with Crippen LogP contribution in [0.4, 0.5) is 0 Å². The third-order valence-electron chi connectivity index (χ3n) is 2.91. The molecule has 0 radical (unpaired) electrons. The summed E-state index contributed by atoms with van der Waals surface area (Å²) in [5.41, 5.74) is 4.02. The molecule has 0 bridgehead atoms. The summed E-state index contributed by atoms with van der Waals surface area (Å²) >= 11 is 0. The maximum atomic E-state index is 2.30. The summed E-state index contributed by atoms with van der Waals surface area (Å²) in [6.07, 6.45) is 3.41. The quantitative estimate of drug-likeness (QED) is 0.634. The minimum absolute atomic E-state index is 0.667. The SMILES string of the molecule is CC(C)CC(=Cc1ccccc1)c1ccccc1. The van der Waals surface area contributed by atoms with Crippen LogP contribution in [0.2, 0.25) is 0 Å². The highest BCUT2D eigenvalue weighted by atomic mass is 14.1. The molecule has 0 saturated heterocycles. The van der Waals surface area contributed by atoms with Crippen molar-refractivity contribution in [1.82, 2.24) is 0 Å². The summed E-state index contributed by atoms with van der Waals surface area (Å²) in [4.78, 5) is 0. The zero-order valence-electron chi connectivity index (χ0n) is 11.1. The van der Waals surface area contributed by atoms with Gasteiger partial charge in [-0.1, -0.05) is 80.6 Å². The van der Waals surface area contributed by atoms with Crippen molar-refractivity contribution in [2.45, 2.75) is 20.3 Å². The van der Waals surface area contributed by atoms with Crippen LogP contribution in [0.5, 0.6) is 0 Å². The molecule has 0 heterocycles. The summed E-state index contributed by atoms with van der Waals surface area (Å²) in [7, 11) is 0. The molecular formula is C18H20. The van der Waals surface area contributed by atoms with Gasteiger partial charge in [-0.3, -0.25) is 0 Å². The second kappa shape index (κ2) is 6.20. The molecule has 0 saturated carbocycles. The summed E-state index contributed by atoms with van der Waals surface area (Å²) in [6.45, 7) is 4.53. The van der Waals surface area contributed by atoms with Crippen LogP contribution in [0, 0.1) is 5.92 Å². The van der Waals surface area contributed by atoms with Gasteiger partial charge in [0.25, 0.3) is 0 Å². The Kier molecular flexibility index (Phi) is 4.35. The Morgan fingerprint density at radius 3 is 2.00 bits per heavy atom.